The predicted octanol–water partition coefficient (Wildman–Crippen LogP) is 2.65. The molecule has 0 spiro atoms. The highest BCUT2D eigenvalue weighted by atomic mass is 16.5. The van der Waals surface area contributed by atoms with Crippen LogP contribution in [0.2, 0.25) is 0 Å². The van der Waals surface area contributed by atoms with E-state index in [1.165, 1.54) is 0 Å². The van der Waals surface area contributed by atoms with E-state index in [-0.39, 0.29) is 6.10 Å². The number of hydrogen-bond donors (Lipinski definition) is 1. The van der Waals surface area contributed by atoms with E-state index in [2.05, 4.69) is 42.9 Å². The third-order valence-electron chi connectivity index (χ3n) is 3.96. The number of para-hydroxylation sites is 2. The number of nitrogens with zero attached hydrogens (tertiary/aromatic N) is 2. The SMILES string of the molecule is CC(C)CC1COC(c2nc3ccccc3n2C)CN1. The normalized spacial score (nSPS) is 23.6. The van der Waals surface area contributed by atoms with E-state index in [0.29, 0.717) is 12.0 Å². The molecule has 1 aliphatic heterocycles. The molecule has 0 amide bonds. The molecule has 3 rings (SSSR count). The molecule has 4 nitrogen and oxygen atoms in total. The van der Waals surface area contributed by atoms with Crippen LogP contribution in [0, 0.1) is 5.92 Å². The fourth-order valence-corrected chi connectivity index (χ4v) is 2.96. The minimum atomic E-state index is 0.0517. The minimum absolute atomic E-state index is 0.0517. The number of benzene rings is 1. The summed E-state index contributed by atoms with van der Waals surface area (Å²) in [7, 11) is 2.06. The highest BCUT2D eigenvalue weighted by Gasteiger charge is 2.26. The van der Waals surface area contributed by atoms with Gasteiger partial charge < -0.3 is 14.6 Å². The maximum absolute atomic E-state index is 6.04. The molecule has 0 bridgehead atoms. The number of morpholine rings is 1. The molecule has 1 aromatic carbocycles. The quantitative estimate of drug-likeness (QED) is 0.934. The molecular weight excluding hydrogens is 250 g/mol. The van der Waals surface area contributed by atoms with Crippen molar-refractivity contribution in [2.24, 2.45) is 13.0 Å². The van der Waals surface area contributed by atoms with Gasteiger partial charge in [0.15, 0.2) is 0 Å². The Labute approximate surface area is 120 Å². The molecule has 1 aromatic heterocycles. The summed E-state index contributed by atoms with van der Waals surface area (Å²) < 4.78 is 8.19. The minimum Gasteiger partial charge on any atom is -0.367 e. The fraction of sp³-hybridized carbons (Fsp3) is 0.562. The van der Waals surface area contributed by atoms with Gasteiger partial charge in [-0.25, -0.2) is 4.98 Å². The first-order chi connectivity index (χ1) is 9.65. The van der Waals surface area contributed by atoms with E-state index in [4.69, 9.17) is 9.72 Å². The molecule has 2 unspecified atom stereocenters. The average molecular weight is 273 g/mol. The number of imidazole rings is 1. The number of nitrogens with one attached hydrogen (secondary N) is 1. The number of fused-ring (bicyclic) bond motifs is 1. The van der Waals surface area contributed by atoms with Gasteiger partial charge in [-0.05, 0) is 24.5 Å². The molecule has 2 heterocycles. The van der Waals surface area contributed by atoms with Crippen molar-refractivity contribution in [3.8, 4) is 0 Å². The van der Waals surface area contributed by atoms with Crippen LogP contribution in [0.25, 0.3) is 11.0 Å². The molecule has 1 fully saturated rings. The second kappa shape index (κ2) is 5.54. The summed E-state index contributed by atoms with van der Waals surface area (Å²) in [5, 5.41) is 3.59. The Morgan fingerprint density at radius 1 is 1.40 bits per heavy atom. The monoisotopic (exact) mass is 273 g/mol. The van der Waals surface area contributed by atoms with Crippen molar-refractivity contribution in [1.82, 2.24) is 14.9 Å². The van der Waals surface area contributed by atoms with Gasteiger partial charge in [0.2, 0.25) is 0 Å². The van der Waals surface area contributed by atoms with Crippen LogP contribution in [-0.2, 0) is 11.8 Å². The van der Waals surface area contributed by atoms with Crippen LogP contribution in [0.3, 0.4) is 0 Å². The Balaban J connectivity index is 1.75. The molecule has 1 saturated heterocycles. The van der Waals surface area contributed by atoms with E-state index in [0.717, 1.165) is 36.4 Å². The Morgan fingerprint density at radius 2 is 2.20 bits per heavy atom. The van der Waals surface area contributed by atoms with E-state index in [9.17, 15) is 0 Å². The van der Waals surface area contributed by atoms with Crippen molar-refractivity contribution in [2.75, 3.05) is 13.2 Å². The molecule has 4 heteroatoms. The Hall–Kier alpha value is -1.39. The van der Waals surface area contributed by atoms with Crippen molar-refractivity contribution in [2.45, 2.75) is 32.4 Å². The van der Waals surface area contributed by atoms with Gasteiger partial charge >= 0.3 is 0 Å². The van der Waals surface area contributed by atoms with E-state index < -0.39 is 0 Å². The zero-order valence-electron chi connectivity index (χ0n) is 12.5. The summed E-state index contributed by atoms with van der Waals surface area (Å²) in [6, 6.07) is 8.70. The van der Waals surface area contributed by atoms with Gasteiger partial charge in [-0.1, -0.05) is 26.0 Å². The van der Waals surface area contributed by atoms with Gasteiger partial charge in [0, 0.05) is 19.6 Å². The molecule has 1 aliphatic rings. The largest absolute Gasteiger partial charge is 0.367 e. The molecule has 0 saturated carbocycles. The molecule has 108 valence electrons. The van der Waals surface area contributed by atoms with Crippen LogP contribution in [-0.4, -0.2) is 28.7 Å². The van der Waals surface area contributed by atoms with Crippen LogP contribution >= 0.6 is 0 Å². The topological polar surface area (TPSA) is 39.1 Å². The lowest BCUT2D eigenvalue weighted by atomic mass is 10.0. The lowest BCUT2D eigenvalue weighted by Gasteiger charge is -2.31. The van der Waals surface area contributed by atoms with E-state index >= 15 is 0 Å². The van der Waals surface area contributed by atoms with E-state index in [1.54, 1.807) is 0 Å². The van der Waals surface area contributed by atoms with Crippen molar-refractivity contribution < 1.29 is 4.74 Å². The van der Waals surface area contributed by atoms with Gasteiger partial charge in [0.25, 0.3) is 0 Å². The van der Waals surface area contributed by atoms with Crippen LogP contribution in [0.5, 0.6) is 0 Å². The molecule has 0 radical (unpaired) electrons. The van der Waals surface area contributed by atoms with Crippen LogP contribution < -0.4 is 5.32 Å². The maximum Gasteiger partial charge on any atom is 0.140 e. The smallest absolute Gasteiger partial charge is 0.140 e. The fourth-order valence-electron chi connectivity index (χ4n) is 2.96. The summed E-state index contributed by atoms with van der Waals surface area (Å²) >= 11 is 0. The lowest BCUT2D eigenvalue weighted by Crippen LogP contribution is -2.44. The molecule has 20 heavy (non-hydrogen) atoms. The molecular formula is C16H23N3O. The standard InChI is InChI=1S/C16H23N3O/c1-11(2)8-12-10-20-15(9-17-12)16-18-13-6-4-5-7-14(13)19(16)3/h4-7,11-12,15,17H,8-10H2,1-3H3. The van der Waals surface area contributed by atoms with Gasteiger partial charge in [-0.3, -0.25) is 0 Å². The molecule has 2 aromatic rings. The molecule has 2 atom stereocenters. The number of rotatable bonds is 3. The van der Waals surface area contributed by atoms with Crippen molar-refractivity contribution in [1.29, 1.82) is 0 Å². The zero-order valence-corrected chi connectivity index (χ0v) is 12.5. The summed E-state index contributed by atoms with van der Waals surface area (Å²) in [6.07, 6.45) is 1.21. The van der Waals surface area contributed by atoms with Crippen LogP contribution in [0.4, 0.5) is 0 Å². The van der Waals surface area contributed by atoms with Gasteiger partial charge in [-0.15, -0.1) is 0 Å². The summed E-state index contributed by atoms with van der Waals surface area (Å²) in [5.74, 6) is 1.71. The number of aryl methyl sites for hydroxylation is 1. The first kappa shape index (κ1) is 13.6. The Kier molecular flexibility index (Phi) is 3.76. The maximum atomic E-state index is 6.04. The second-order valence-electron chi connectivity index (χ2n) is 6.07. The Bertz CT molecular complexity index is 582. The third-order valence-corrected chi connectivity index (χ3v) is 3.96. The third kappa shape index (κ3) is 2.58. The van der Waals surface area contributed by atoms with Gasteiger partial charge in [-0.2, -0.15) is 0 Å². The highest BCUT2D eigenvalue weighted by Crippen LogP contribution is 2.24. The molecule has 0 aliphatic carbocycles. The number of hydrogen-bond acceptors (Lipinski definition) is 3. The van der Waals surface area contributed by atoms with Crippen molar-refractivity contribution in [3.63, 3.8) is 0 Å². The average Bonchev–Trinajstić information content (AvgIpc) is 2.77. The van der Waals surface area contributed by atoms with E-state index in [1.807, 2.05) is 12.1 Å². The van der Waals surface area contributed by atoms with Crippen LogP contribution in [0.15, 0.2) is 24.3 Å². The Morgan fingerprint density at radius 3 is 2.85 bits per heavy atom. The van der Waals surface area contributed by atoms with Gasteiger partial charge in [0.05, 0.1) is 17.6 Å². The number of aromatic nitrogens is 2. The summed E-state index contributed by atoms with van der Waals surface area (Å²) in [5.41, 5.74) is 2.20. The van der Waals surface area contributed by atoms with Crippen molar-refractivity contribution >= 4 is 11.0 Å². The van der Waals surface area contributed by atoms with Gasteiger partial charge in [0.1, 0.15) is 11.9 Å². The zero-order chi connectivity index (χ0) is 14.1. The van der Waals surface area contributed by atoms with Crippen LogP contribution in [0.1, 0.15) is 32.2 Å². The summed E-state index contributed by atoms with van der Waals surface area (Å²) in [4.78, 5) is 4.72. The molecule has 1 N–H and O–H groups in total. The summed E-state index contributed by atoms with van der Waals surface area (Å²) in [6.45, 7) is 6.11. The predicted molar refractivity (Wildman–Crippen MR) is 80.7 cm³/mol. The first-order valence-electron chi connectivity index (χ1n) is 7.41. The lowest BCUT2D eigenvalue weighted by molar-refractivity contribution is -0.00718. The first-order valence-corrected chi connectivity index (χ1v) is 7.41. The van der Waals surface area contributed by atoms with Crippen molar-refractivity contribution in [3.05, 3.63) is 30.1 Å². The number of ether oxygens (including phenoxy) is 1. The highest BCUT2D eigenvalue weighted by molar-refractivity contribution is 5.75. The second-order valence-corrected chi connectivity index (χ2v) is 6.07.